The second kappa shape index (κ2) is 14.6. The normalized spacial score (nSPS) is 13.5. The minimum Gasteiger partial charge on any atom is -1.00 e. The lowest BCUT2D eigenvalue weighted by Crippen LogP contribution is -3.00. The quantitative estimate of drug-likeness (QED) is 0.283. The number of rotatable bonds is 14. The van der Waals surface area contributed by atoms with Crippen LogP contribution in [0.1, 0.15) is 51.5 Å². The van der Waals surface area contributed by atoms with Gasteiger partial charge in [0, 0.05) is 28.6 Å². The molecule has 0 amide bonds. The number of anilines is 1. The fraction of sp³-hybridized carbons (Fsp3) is 0.379. The lowest BCUT2D eigenvalue weighted by Gasteiger charge is -2.34. The number of halogens is 1. The predicted molar refractivity (Wildman–Crippen MR) is 144 cm³/mol. The van der Waals surface area contributed by atoms with Gasteiger partial charge in [-0.1, -0.05) is 68.8 Å². The maximum absolute atomic E-state index is 10.6. The Bertz CT molecular complexity index is 1010. The number of hydrogen-bond acceptors (Lipinski definition) is 5. The number of aliphatic imine (C=N–C) groups is 1. The molecule has 0 radical (unpaired) electrons. The summed E-state index contributed by atoms with van der Waals surface area (Å²) >= 11 is 1.76. The van der Waals surface area contributed by atoms with Crippen LogP contribution in [-0.4, -0.2) is 30.9 Å². The van der Waals surface area contributed by atoms with Crippen LogP contribution in [0.2, 0.25) is 0 Å². The average Bonchev–Trinajstić information content (AvgIpc) is 3.37. The van der Waals surface area contributed by atoms with Crippen molar-refractivity contribution in [2.75, 3.05) is 24.5 Å². The molecule has 0 saturated carbocycles. The largest absolute Gasteiger partial charge is 1.00 e. The number of nitriles is 1. The van der Waals surface area contributed by atoms with E-state index in [9.17, 15) is 5.26 Å². The summed E-state index contributed by atoms with van der Waals surface area (Å²) in [4.78, 5) is 10.8. The van der Waals surface area contributed by atoms with Gasteiger partial charge in [-0.2, -0.15) is 10.2 Å². The van der Waals surface area contributed by atoms with Crippen molar-refractivity contribution in [1.82, 2.24) is 4.90 Å². The molecule has 184 valence electrons. The van der Waals surface area contributed by atoms with E-state index < -0.39 is 5.41 Å². The Morgan fingerprint density at radius 3 is 2.40 bits per heavy atom. The minimum atomic E-state index is -0.749. The van der Waals surface area contributed by atoms with E-state index in [4.69, 9.17) is 0 Å². The highest BCUT2D eigenvalue weighted by molar-refractivity contribution is 7.99. The predicted octanol–water partition coefficient (Wildman–Crippen LogP) is 4.28. The molecule has 4 nitrogen and oxygen atoms in total. The van der Waals surface area contributed by atoms with Crippen molar-refractivity contribution < 1.29 is 12.4 Å². The fourth-order valence-electron chi connectivity index (χ4n) is 4.20. The van der Waals surface area contributed by atoms with Crippen molar-refractivity contribution in [3.63, 3.8) is 0 Å². The Labute approximate surface area is 221 Å². The van der Waals surface area contributed by atoms with Crippen LogP contribution in [0.3, 0.4) is 0 Å². The van der Waals surface area contributed by atoms with Crippen molar-refractivity contribution >= 4 is 23.8 Å². The van der Waals surface area contributed by atoms with Crippen molar-refractivity contribution in [3.8, 4) is 6.07 Å². The highest BCUT2D eigenvalue weighted by Gasteiger charge is 2.38. The molecule has 2 aromatic carbocycles. The van der Waals surface area contributed by atoms with Gasteiger partial charge in [0.25, 0.3) is 6.34 Å². The number of unbranched alkanes of at least 4 members (excludes halogenated alkanes) is 2. The zero-order chi connectivity index (χ0) is 24.2. The fourth-order valence-corrected chi connectivity index (χ4v) is 5.07. The van der Waals surface area contributed by atoms with Gasteiger partial charge in [-0.25, -0.2) is 0 Å². The SMILES string of the molecule is C=CCC(C#N)(CN1[C+]=NC=C1)c1ccc(Sc2ccccc2)cc1N(CCCC)CCCC.[Cl-]. The topological polar surface area (TPSA) is 42.6 Å². The van der Waals surface area contributed by atoms with Gasteiger partial charge in [0.05, 0.1) is 12.6 Å². The summed E-state index contributed by atoms with van der Waals surface area (Å²) in [6, 6.07) is 19.7. The third kappa shape index (κ3) is 7.61. The second-order valence-corrected chi connectivity index (χ2v) is 9.78. The van der Waals surface area contributed by atoms with Crippen LogP contribution in [0, 0.1) is 11.3 Å². The van der Waals surface area contributed by atoms with E-state index in [-0.39, 0.29) is 12.4 Å². The van der Waals surface area contributed by atoms with Gasteiger partial charge in [-0.05, 0) is 54.1 Å². The van der Waals surface area contributed by atoms with Crippen LogP contribution in [0.5, 0.6) is 0 Å². The summed E-state index contributed by atoms with van der Waals surface area (Å²) in [5.74, 6) is 0. The van der Waals surface area contributed by atoms with Gasteiger partial charge in [0.1, 0.15) is 5.41 Å². The Morgan fingerprint density at radius 2 is 1.83 bits per heavy atom. The summed E-state index contributed by atoms with van der Waals surface area (Å²) in [6.07, 6.45) is 13.5. The summed E-state index contributed by atoms with van der Waals surface area (Å²) in [6.45, 7) is 10.9. The van der Waals surface area contributed by atoms with Crippen molar-refractivity contribution in [2.24, 2.45) is 4.99 Å². The Kier molecular flexibility index (Phi) is 11.9. The Hall–Kier alpha value is -2.77. The van der Waals surface area contributed by atoms with Crippen molar-refractivity contribution in [2.45, 2.75) is 61.2 Å². The molecule has 1 unspecified atom stereocenters. The summed E-state index contributed by atoms with van der Waals surface area (Å²) in [5.41, 5.74) is 1.47. The molecular weight excluding hydrogens is 472 g/mol. The lowest BCUT2D eigenvalue weighted by molar-refractivity contribution is -0.00000721. The molecule has 0 aromatic heterocycles. The van der Waals surface area contributed by atoms with E-state index in [1.54, 1.807) is 18.0 Å². The van der Waals surface area contributed by atoms with Gasteiger partial charge in [0.15, 0.2) is 6.20 Å². The summed E-state index contributed by atoms with van der Waals surface area (Å²) in [5, 5.41) is 10.6. The first-order chi connectivity index (χ1) is 16.7. The van der Waals surface area contributed by atoms with E-state index in [0.29, 0.717) is 13.0 Å². The van der Waals surface area contributed by atoms with Gasteiger partial charge in [-0.15, -0.1) is 6.58 Å². The summed E-state index contributed by atoms with van der Waals surface area (Å²) in [7, 11) is 0. The van der Waals surface area contributed by atoms with Gasteiger partial charge in [-0.3, -0.25) is 0 Å². The van der Waals surface area contributed by atoms with Gasteiger partial charge < -0.3 is 17.3 Å². The number of benzene rings is 2. The third-order valence-electron chi connectivity index (χ3n) is 6.02. The molecule has 0 saturated heterocycles. The average molecular weight is 507 g/mol. The van der Waals surface area contributed by atoms with E-state index in [1.165, 1.54) is 9.79 Å². The lowest BCUT2D eigenvalue weighted by atomic mass is 9.77. The molecular formula is C29H35ClN4S. The standard InChI is InChI=1S/C29H35N4S.ClH/c1-4-7-18-33(19-8-5-2)28-21-26(34-25-12-10-9-11-13-25)14-15-27(28)29(22-30,16-6-3)23-32-20-17-31-24-32;/h6,9-15,17,20-21H,3-5,7-8,16,18-19,23H2,1-2H3;1H/q+1;/p-1. The maximum Gasteiger partial charge on any atom is 0.255 e. The highest BCUT2D eigenvalue weighted by atomic mass is 35.5. The summed E-state index contributed by atoms with van der Waals surface area (Å²) < 4.78 is 0. The molecule has 1 heterocycles. The van der Waals surface area contributed by atoms with E-state index in [2.05, 4.69) is 85.2 Å². The van der Waals surface area contributed by atoms with Crippen LogP contribution in [0.4, 0.5) is 5.69 Å². The molecule has 0 spiro atoms. The van der Waals surface area contributed by atoms with E-state index >= 15 is 0 Å². The van der Waals surface area contributed by atoms with Crippen LogP contribution in [-0.2, 0) is 5.41 Å². The van der Waals surface area contributed by atoms with E-state index in [0.717, 1.165) is 50.0 Å². The first kappa shape index (κ1) is 28.5. The molecule has 0 aliphatic carbocycles. The number of hydrogen-bond donors (Lipinski definition) is 0. The molecule has 0 N–H and O–H groups in total. The zero-order valence-electron chi connectivity index (χ0n) is 20.8. The molecule has 1 aliphatic rings. The Balaban J connectivity index is 0.00000432. The van der Waals surface area contributed by atoms with Gasteiger partial charge in [0.2, 0.25) is 6.20 Å². The zero-order valence-corrected chi connectivity index (χ0v) is 22.4. The molecule has 1 atom stereocenters. The minimum absolute atomic E-state index is 0. The van der Waals surface area contributed by atoms with Crippen LogP contribution in [0.25, 0.3) is 0 Å². The smallest absolute Gasteiger partial charge is 0.255 e. The molecule has 0 bridgehead atoms. The molecule has 35 heavy (non-hydrogen) atoms. The third-order valence-corrected chi connectivity index (χ3v) is 7.02. The van der Waals surface area contributed by atoms with Crippen LogP contribution < -0.4 is 17.3 Å². The first-order valence-electron chi connectivity index (χ1n) is 12.2. The highest BCUT2D eigenvalue weighted by Crippen LogP contribution is 2.40. The molecule has 3 rings (SSSR count). The number of allylic oxidation sites excluding steroid dienone is 1. The van der Waals surface area contributed by atoms with E-state index in [1.807, 2.05) is 23.2 Å². The molecule has 0 fully saturated rings. The van der Waals surface area contributed by atoms with Crippen molar-refractivity contribution in [3.05, 3.63) is 79.1 Å². The first-order valence-corrected chi connectivity index (χ1v) is 13.0. The Morgan fingerprint density at radius 1 is 1.11 bits per heavy atom. The monoisotopic (exact) mass is 506 g/mol. The van der Waals surface area contributed by atoms with Crippen LogP contribution in [0.15, 0.2) is 88.4 Å². The van der Waals surface area contributed by atoms with Crippen LogP contribution >= 0.6 is 11.8 Å². The van der Waals surface area contributed by atoms with Gasteiger partial charge >= 0.3 is 0 Å². The second-order valence-electron chi connectivity index (χ2n) is 8.63. The maximum atomic E-state index is 10.6. The molecule has 2 aromatic rings. The molecule has 1 aliphatic heterocycles. The number of nitrogens with zero attached hydrogens (tertiary/aromatic N) is 4. The molecule has 6 heteroatoms. The van der Waals surface area contributed by atoms with Crippen molar-refractivity contribution in [1.29, 1.82) is 5.26 Å².